The van der Waals surface area contributed by atoms with Gasteiger partial charge in [0, 0.05) is 12.8 Å². The van der Waals surface area contributed by atoms with E-state index < -0.39 is 0 Å². The molecule has 4 heteroatoms. The lowest BCUT2D eigenvalue weighted by molar-refractivity contribution is -0.148. The zero-order chi connectivity index (χ0) is 11.7. The van der Waals surface area contributed by atoms with Crippen molar-refractivity contribution in [2.24, 2.45) is 0 Å². The van der Waals surface area contributed by atoms with Gasteiger partial charge in [0.25, 0.3) is 0 Å². The summed E-state index contributed by atoms with van der Waals surface area (Å²) in [6.07, 6.45) is 2.94. The van der Waals surface area contributed by atoms with Gasteiger partial charge in [-0.25, -0.2) is 0 Å². The van der Waals surface area contributed by atoms with Gasteiger partial charge < -0.3 is 9.47 Å². The first kappa shape index (κ1) is 13.7. The highest BCUT2D eigenvalue weighted by Crippen LogP contribution is 2.04. The highest BCUT2D eigenvalue weighted by molar-refractivity contribution is 5.71. The topological polar surface area (TPSA) is 52.6 Å². The molecule has 0 amide bonds. The van der Waals surface area contributed by atoms with E-state index in [-0.39, 0.29) is 18.0 Å². The van der Waals surface area contributed by atoms with Crippen LogP contribution in [0, 0.1) is 0 Å². The van der Waals surface area contributed by atoms with Crippen molar-refractivity contribution in [2.45, 2.75) is 45.6 Å². The molecule has 0 saturated carbocycles. The molecule has 0 aromatic carbocycles. The van der Waals surface area contributed by atoms with Crippen LogP contribution in [0.5, 0.6) is 0 Å². The zero-order valence-corrected chi connectivity index (χ0v) is 9.32. The first-order chi connectivity index (χ1) is 7.06. The maximum absolute atomic E-state index is 11.1. The fraction of sp³-hybridized carbons (Fsp3) is 0.636. The minimum Gasteiger partial charge on any atom is -0.463 e. The highest BCUT2D eigenvalue weighted by Gasteiger charge is 2.06. The van der Waals surface area contributed by atoms with Gasteiger partial charge in [0.15, 0.2) is 0 Å². The van der Waals surface area contributed by atoms with E-state index in [0.717, 1.165) is 6.26 Å². The number of ether oxygens (including phenoxy) is 2. The van der Waals surface area contributed by atoms with Crippen LogP contribution in [0.3, 0.4) is 0 Å². The van der Waals surface area contributed by atoms with Crippen LogP contribution in [0.15, 0.2) is 12.8 Å². The normalized spacial score (nSPS) is 9.80. The van der Waals surface area contributed by atoms with Crippen molar-refractivity contribution >= 4 is 11.9 Å². The van der Waals surface area contributed by atoms with Crippen molar-refractivity contribution in [2.75, 3.05) is 0 Å². The van der Waals surface area contributed by atoms with Crippen molar-refractivity contribution in [3.8, 4) is 0 Å². The lowest BCUT2D eigenvalue weighted by atomic mass is 10.2. The Kier molecular flexibility index (Phi) is 7.32. The van der Waals surface area contributed by atoms with E-state index in [0.29, 0.717) is 25.7 Å². The Morgan fingerprint density at radius 3 is 2.20 bits per heavy atom. The van der Waals surface area contributed by atoms with Gasteiger partial charge in [0.05, 0.1) is 12.4 Å². The molecule has 0 rings (SSSR count). The fourth-order valence-corrected chi connectivity index (χ4v) is 1.01. The number of unbranched alkanes of at least 4 members (excludes halogenated alkanes) is 1. The predicted octanol–water partition coefficient (Wildman–Crippen LogP) is 2.19. The quantitative estimate of drug-likeness (QED) is 0.370. The van der Waals surface area contributed by atoms with Gasteiger partial charge >= 0.3 is 11.9 Å². The van der Waals surface area contributed by atoms with Gasteiger partial charge in [-0.3, -0.25) is 9.59 Å². The number of esters is 2. The number of carbonyl (C=O) groups excluding carboxylic acids is 2. The van der Waals surface area contributed by atoms with Gasteiger partial charge in [-0.15, -0.1) is 0 Å². The Balaban J connectivity index is 3.42. The molecule has 0 aromatic heterocycles. The van der Waals surface area contributed by atoms with E-state index in [4.69, 9.17) is 4.74 Å². The fourth-order valence-electron chi connectivity index (χ4n) is 1.01. The smallest absolute Gasteiger partial charge is 0.310 e. The Morgan fingerprint density at radius 2 is 1.73 bits per heavy atom. The van der Waals surface area contributed by atoms with Gasteiger partial charge in [0.1, 0.15) is 0 Å². The third-order valence-electron chi connectivity index (χ3n) is 1.59. The van der Waals surface area contributed by atoms with Crippen molar-refractivity contribution < 1.29 is 19.1 Å². The standard InChI is InChI=1S/C11H18O4/c1-4-14-10(12)7-5-6-8-11(13)15-9(2)3/h4,9H,1,5-8H2,2-3H3. The van der Waals surface area contributed by atoms with Crippen LogP contribution in [-0.2, 0) is 19.1 Å². The monoisotopic (exact) mass is 214 g/mol. The van der Waals surface area contributed by atoms with Crippen LogP contribution >= 0.6 is 0 Å². The van der Waals surface area contributed by atoms with E-state index in [2.05, 4.69) is 11.3 Å². The van der Waals surface area contributed by atoms with Crippen molar-refractivity contribution in [3.05, 3.63) is 12.8 Å². The first-order valence-electron chi connectivity index (χ1n) is 5.06. The van der Waals surface area contributed by atoms with Gasteiger partial charge in [-0.05, 0) is 26.7 Å². The second-order valence-electron chi connectivity index (χ2n) is 3.40. The molecular formula is C11H18O4. The number of carbonyl (C=O) groups is 2. The minimum atomic E-state index is -0.317. The Hall–Kier alpha value is -1.32. The van der Waals surface area contributed by atoms with E-state index in [1.165, 1.54) is 0 Å². The van der Waals surface area contributed by atoms with Crippen molar-refractivity contribution in [1.82, 2.24) is 0 Å². The Labute approximate surface area is 90.2 Å². The predicted molar refractivity (Wildman–Crippen MR) is 56.0 cm³/mol. The van der Waals surface area contributed by atoms with Crippen LogP contribution in [0.2, 0.25) is 0 Å². The summed E-state index contributed by atoms with van der Waals surface area (Å²) in [5.41, 5.74) is 0. The minimum absolute atomic E-state index is 0.0803. The average Bonchev–Trinajstić information content (AvgIpc) is 2.12. The second kappa shape index (κ2) is 8.03. The molecule has 0 fully saturated rings. The highest BCUT2D eigenvalue weighted by atomic mass is 16.5. The molecule has 0 aliphatic rings. The Morgan fingerprint density at radius 1 is 1.20 bits per heavy atom. The molecule has 0 bridgehead atoms. The third kappa shape index (κ3) is 9.00. The summed E-state index contributed by atoms with van der Waals surface area (Å²) >= 11 is 0. The van der Waals surface area contributed by atoms with E-state index >= 15 is 0 Å². The second-order valence-corrected chi connectivity index (χ2v) is 3.40. The van der Waals surface area contributed by atoms with Crippen LogP contribution in [-0.4, -0.2) is 18.0 Å². The molecule has 15 heavy (non-hydrogen) atoms. The molecule has 0 aliphatic carbocycles. The maximum atomic E-state index is 11.1. The van der Waals surface area contributed by atoms with Gasteiger partial charge in [-0.2, -0.15) is 0 Å². The Bertz CT molecular complexity index is 221. The van der Waals surface area contributed by atoms with Crippen LogP contribution < -0.4 is 0 Å². The third-order valence-corrected chi connectivity index (χ3v) is 1.59. The van der Waals surface area contributed by atoms with Crippen LogP contribution in [0.1, 0.15) is 39.5 Å². The van der Waals surface area contributed by atoms with E-state index in [9.17, 15) is 9.59 Å². The SMILES string of the molecule is C=COC(=O)CCCCC(=O)OC(C)C. The maximum Gasteiger partial charge on any atom is 0.310 e. The van der Waals surface area contributed by atoms with Crippen LogP contribution in [0.4, 0.5) is 0 Å². The van der Waals surface area contributed by atoms with Crippen molar-refractivity contribution in [3.63, 3.8) is 0 Å². The summed E-state index contributed by atoms with van der Waals surface area (Å²) in [6, 6.07) is 0. The molecule has 0 saturated heterocycles. The molecule has 0 radical (unpaired) electrons. The molecule has 0 heterocycles. The summed E-state index contributed by atoms with van der Waals surface area (Å²) in [6.45, 7) is 6.88. The van der Waals surface area contributed by atoms with Gasteiger partial charge in [0.2, 0.25) is 0 Å². The first-order valence-corrected chi connectivity index (χ1v) is 5.06. The molecular weight excluding hydrogens is 196 g/mol. The summed E-state index contributed by atoms with van der Waals surface area (Å²) in [5.74, 6) is -0.538. The molecule has 4 nitrogen and oxygen atoms in total. The summed E-state index contributed by atoms with van der Waals surface area (Å²) in [4.78, 5) is 21.9. The van der Waals surface area contributed by atoms with E-state index in [1.54, 1.807) is 13.8 Å². The molecule has 0 unspecified atom stereocenters. The average molecular weight is 214 g/mol. The number of hydrogen-bond acceptors (Lipinski definition) is 4. The lowest BCUT2D eigenvalue weighted by Crippen LogP contribution is -2.11. The molecule has 0 atom stereocenters. The number of hydrogen-bond donors (Lipinski definition) is 0. The summed E-state index contributed by atoms with van der Waals surface area (Å²) in [7, 11) is 0. The summed E-state index contributed by atoms with van der Waals surface area (Å²) < 4.78 is 9.46. The lowest BCUT2D eigenvalue weighted by Gasteiger charge is -2.07. The molecule has 0 aliphatic heterocycles. The van der Waals surface area contributed by atoms with E-state index in [1.807, 2.05) is 0 Å². The zero-order valence-electron chi connectivity index (χ0n) is 9.32. The summed E-state index contributed by atoms with van der Waals surface area (Å²) in [5, 5.41) is 0. The van der Waals surface area contributed by atoms with Gasteiger partial charge in [-0.1, -0.05) is 6.58 Å². The largest absolute Gasteiger partial charge is 0.463 e. The van der Waals surface area contributed by atoms with Crippen LogP contribution in [0.25, 0.3) is 0 Å². The van der Waals surface area contributed by atoms with Crippen molar-refractivity contribution in [1.29, 1.82) is 0 Å². The molecule has 0 spiro atoms. The molecule has 0 aromatic rings. The molecule has 0 N–H and O–H groups in total. The molecule has 86 valence electrons. The number of rotatable bonds is 7.